The van der Waals surface area contributed by atoms with E-state index in [2.05, 4.69) is 15.5 Å². The summed E-state index contributed by atoms with van der Waals surface area (Å²) in [6, 6.07) is 5.40. The summed E-state index contributed by atoms with van der Waals surface area (Å²) in [7, 11) is 0. The lowest BCUT2D eigenvalue weighted by atomic mass is 10.2. The Bertz CT molecular complexity index is 595. The van der Waals surface area contributed by atoms with Crippen LogP contribution in [0.3, 0.4) is 0 Å². The molecule has 0 unspecified atom stereocenters. The highest BCUT2D eigenvalue weighted by Gasteiger charge is 2.08. The molecule has 0 spiro atoms. The average molecular weight is 280 g/mol. The third-order valence-corrected chi connectivity index (χ3v) is 3.00. The number of nitrogens with zero attached hydrogens (tertiary/aromatic N) is 2. The van der Waals surface area contributed by atoms with Crippen molar-refractivity contribution in [3.8, 4) is 0 Å². The summed E-state index contributed by atoms with van der Waals surface area (Å²) in [5, 5.41) is 10.9. The number of halogens is 1. The van der Waals surface area contributed by atoms with E-state index in [4.69, 9.17) is 16.0 Å². The van der Waals surface area contributed by atoms with Crippen molar-refractivity contribution in [3.05, 3.63) is 40.6 Å². The van der Waals surface area contributed by atoms with Gasteiger partial charge in [-0.3, -0.25) is 4.79 Å². The number of anilines is 1. The predicted octanol–water partition coefficient (Wildman–Crippen LogP) is 2.91. The molecule has 2 rings (SSSR count). The van der Waals surface area contributed by atoms with E-state index in [1.54, 1.807) is 13.0 Å². The molecule has 0 aliphatic heterocycles. The quantitative estimate of drug-likeness (QED) is 0.934. The van der Waals surface area contributed by atoms with Crippen LogP contribution in [0, 0.1) is 13.8 Å². The number of rotatable bonds is 4. The smallest absolute Gasteiger partial charge is 0.224 e. The fourth-order valence-electron chi connectivity index (χ4n) is 1.55. The third-order valence-electron chi connectivity index (χ3n) is 2.59. The summed E-state index contributed by atoms with van der Waals surface area (Å²) in [5.41, 5.74) is 1.66. The lowest BCUT2D eigenvalue weighted by Crippen LogP contribution is -2.12. The van der Waals surface area contributed by atoms with Crippen LogP contribution in [0.4, 0.5) is 5.69 Å². The first-order chi connectivity index (χ1) is 9.04. The summed E-state index contributed by atoms with van der Waals surface area (Å²) in [4.78, 5) is 11.7. The Hall–Kier alpha value is -1.88. The molecule has 19 heavy (non-hydrogen) atoms. The zero-order valence-corrected chi connectivity index (χ0v) is 11.5. The standard InChI is InChI=1S/C13H14ClN3O2/c1-8-3-4-10(7-11(8)14)15-12(18)5-6-13-17-16-9(2)19-13/h3-4,7H,5-6H2,1-2H3,(H,15,18). The fourth-order valence-corrected chi connectivity index (χ4v) is 1.73. The number of nitrogens with one attached hydrogen (secondary N) is 1. The molecule has 0 radical (unpaired) electrons. The van der Waals surface area contributed by atoms with Crippen molar-refractivity contribution in [2.75, 3.05) is 5.32 Å². The van der Waals surface area contributed by atoms with Gasteiger partial charge in [0.15, 0.2) is 0 Å². The molecule has 2 aromatic rings. The van der Waals surface area contributed by atoms with Gasteiger partial charge in [-0.2, -0.15) is 0 Å². The summed E-state index contributed by atoms with van der Waals surface area (Å²) in [6.45, 7) is 3.62. The minimum absolute atomic E-state index is 0.115. The van der Waals surface area contributed by atoms with E-state index in [0.717, 1.165) is 5.56 Å². The van der Waals surface area contributed by atoms with E-state index in [1.165, 1.54) is 0 Å². The number of amides is 1. The highest BCUT2D eigenvalue weighted by atomic mass is 35.5. The van der Waals surface area contributed by atoms with Crippen molar-refractivity contribution >= 4 is 23.2 Å². The van der Waals surface area contributed by atoms with Crippen molar-refractivity contribution < 1.29 is 9.21 Å². The lowest BCUT2D eigenvalue weighted by Gasteiger charge is -2.06. The molecule has 0 aliphatic rings. The molecule has 1 N–H and O–H groups in total. The van der Waals surface area contributed by atoms with E-state index in [1.807, 2.05) is 19.1 Å². The Labute approximate surface area is 116 Å². The average Bonchev–Trinajstić information content (AvgIpc) is 2.77. The molecule has 0 fully saturated rings. The molecule has 0 aliphatic carbocycles. The van der Waals surface area contributed by atoms with Gasteiger partial charge in [-0.05, 0) is 24.6 Å². The highest BCUT2D eigenvalue weighted by molar-refractivity contribution is 6.31. The summed E-state index contributed by atoms with van der Waals surface area (Å²) < 4.78 is 5.20. The largest absolute Gasteiger partial charge is 0.426 e. The van der Waals surface area contributed by atoms with Crippen molar-refractivity contribution in [3.63, 3.8) is 0 Å². The molecule has 0 bridgehead atoms. The fraction of sp³-hybridized carbons (Fsp3) is 0.308. The van der Waals surface area contributed by atoms with Crippen molar-refractivity contribution in [1.29, 1.82) is 0 Å². The molecule has 1 aromatic carbocycles. The summed E-state index contributed by atoms with van der Waals surface area (Å²) in [5.74, 6) is 0.853. The van der Waals surface area contributed by atoms with Gasteiger partial charge >= 0.3 is 0 Å². The third kappa shape index (κ3) is 3.79. The highest BCUT2D eigenvalue weighted by Crippen LogP contribution is 2.20. The van der Waals surface area contributed by atoms with E-state index in [9.17, 15) is 4.79 Å². The topological polar surface area (TPSA) is 68.0 Å². The second-order valence-electron chi connectivity index (χ2n) is 4.23. The van der Waals surface area contributed by atoms with Crippen LogP contribution in [0.15, 0.2) is 22.6 Å². The Morgan fingerprint density at radius 3 is 2.79 bits per heavy atom. The Kier molecular flexibility index (Phi) is 4.16. The number of aryl methyl sites for hydroxylation is 3. The van der Waals surface area contributed by atoms with Crippen LogP contribution in [-0.4, -0.2) is 16.1 Å². The molecular formula is C13H14ClN3O2. The first-order valence-electron chi connectivity index (χ1n) is 5.89. The number of carbonyl (C=O) groups excluding carboxylic acids is 1. The van der Waals surface area contributed by atoms with Gasteiger partial charge in [-0.25, -0.2) is 0 Å². The number of hydrogen-bond acceptors (Lipinski definition) is 4. The zero-order chi connectivity index (χ0) is 13.8. The summed E-state index contributed by atoms with van der Waals surface area (Å²) >= 11 is 5.99. The van der Waals surface area contributed by atoms with Crippen LogP contribution in [0.2, 0.25) is 5.02 Å². The van der Waals surface area contributed by atoms with Gasteiger partial charge in [0.05, 0.1) is 0 Å². The first-order valence-corrected chi connectivity index (χ1v) is 6.27. The minimum Gasteiger partial charge on any atom is -0.426 e. The maximum atomic E-state index is 11.7. The maximum absolute atomic E-state index is 11.7. The monoisotopic (exact) mass is 279 g/mol. The molecule has 100 valence electrons. The number of benzene rings is 1. The van der Waals surface area contributed by atoms with E-state index in [-0.39, 0.29) is 12.3 Å². The first kappa shape index (κ1) is 13.5. The number of aromatic nitrogens is 2. The van der Waals surface area contributed by atoms with Gasteiger partial charge in [0, 0.05) is 30.5 Å². The summed E-state index contributed by atoms with van der Waals surface area (Å²) in [6.07, 6.45) is 0.708. The van der Waals surface area contributed by atoms with Crippen molar-refractivity contribution in [1.82, 2.24) is 10.2 Å². The molecule has 6 heteroatoms. The second kappa shape index (κ2) is 5.84. The number of carbonyl (C=O) groups is 1. The Morgan fingerprint density at radius 1 is 1.37 bits per heavy atom. The SMILES string of the molecule is Cc1nnc(CCC(=O)Nc2ccc(C)c(Cl)c2)o1. The van der Waals surface area contributed by atoms with Gasteiger partial charge in [0.25, 0.3) is 0 Å². The Balaban J connectivity index is 1.88. The van der Waals surface area contributed by atoms with Crippen LogP contribution in [0.1, 0.15) is 23.8 Å². The van der Waals surface area contributed by atoms with Gasteiger partial charge in [-0.15, -0.1) is 10.2 Å². The molecule has 1 aromatic heterocycles. The lowest BCUT2D eigenvalue weighted by molar-refractivity contribution is -0.116. The number of hydrogen-bond donors (Lipinski definition) is 1. The van der Waals surface area contributed by atoms with Crippen LogP contribution in [0.5, 0.6) is 0 Å². The van der Waals surface area contributed by atoms with Gasteiger partial charge in [-0.1, -0.05) is 17.7 Å². The zero-order valence-electron chi connectivity index (χ0n) is 10.7. The van der Waals surface area contributed by atoms with Crippen molar-refractivity contribution in [2.24, 2.45) is 0 Å². The van der Waals surface area contributed by atoms with Crippen LogP contribution >= 0.6 is 11.6 Å². The molecule has 0 saturated heterocycles. The van der Waals surface area contributed by atoms with Gasteiger partial charge < -0.3 is 9.73 Å². The van der Waals surface area contributed by atoms with E-state index < -0.39 is 0 Å². The maximum Gasteiger partial charge on any atom is 0.224 e. The van der Waals surface area contributed by atoms with E-state index in [0.29, 0.717) is 28.9 Å². The minimum atomic E-state index is -0.115. The Morgan fingerprint density at radius 2 is 2.16 bits per heavy atom. The molecule has 5 nitrogen and oxygen atoms in total. The second-order valence-corrected chi connectivity index (χ2v) is 4.63. The van der Waals surface area contributed by atoms with E-state index >= 15 is 0 Å². The van der Waals surface area contributed by atoms with Crippen molar-refractivity contribution in [2.45, 2.75) is 26.7 Å². The molecule has 0 saturated carbocycles. The molecule has 0 atom stereocenters. The molecule has 1 heterocycles. The molecular weight excluding hydrogens is 266 g/mol. The van der Waals surface area contributed by atoms with Crippen LogP contribution in [-0.2, 0) is 11.2 Å². The predicted molar refractivity (Wildman–Crippen MR) is 72.2 cm³/mol. The van der Waals surface area contributed by atoms with Gasteiger partial charge in [0.1, 0.15) is 0 Å². The molecule has 1 amide bonds. The van der Waals surface area contributed by atoms with Crippen LogP contribution < -0.4 is 5.32 Å². The van der Waals surface area contributed by atoms with Crippen LogP contribution in [0.25, 0.3) is 0 Å². The van der Waals surface area contributed by atoms with Gasteiger partial charge in [0.2, 0.25) is 17.7 Å². The normalized spacial score (nSPS) is 10.5.